The van der Waals surface area contributed by atoms with Crippen molar-refractivity contribution >= 4 is 11.0 Å². The third-order valence-corrected chi connectivity index (χ3v) is 3.48. The maximum Gasteiger partial charge on any atom is 0.161 e. The van der Waals surface area contributed by atoms with Crippen LogP contribution in [-0.2, 0) is 13.1 Å². The van der Waals surface area contributed by atoms with Crippen LogP contribution in [0, 0.1) is 11.6 Å². The van der Waals surface area contributed by atoms with Crippen molar-refractivity contribution in [1.82, 2.24) is 14.5 Å². The van der Waals surface area contributed by atoms with Crippen LogP contribution in [0.25, 0.3) is 11.0 Å². The van der Waals surface area contributed by atoms with Gasteiger partial charge in [0.25, 0.3) is 0 Å². The monoisotopic (exact) mass is 282 g/mol. The molecule has 0 spiro atoms. The number of hydrogen-bond acceptors (Lipinski definition) is 3. The lowest BCUT2D eigenvalue weighted by atomic mass is 10.3. The van der Waals surface area contributed by atoms with E-state index in [0.29, 0.717) is 30.7 Å². The van der Waals surface area contributed by atoms with Crippen molar-refractivity contribution in [3.63, 3.8) is 0 Å². The minimum Gasteiger partial charge on any atom is -0.329 e. The molecule has 1 aromatic heterocycles. The van der Waals surface area contributed by atoms with Gasteiger partial charge in [-0.05, 0) is 13.1 Å². The first kappa shape index (κ1) is 14.9. The molecule has 2 aromatic rings. The van der Waals surface area contributed by atoms with Gasteiger partial charge in [-0.25, -0.2) is 13.8 Å². The Labute approximate surface area is 117 Å². The first-order valence-electron chi connectivity index (χ1n) is 6.87. The lowest BCUT2D eigenvalue weighted by molar-refractivity contribution is 0.284. The van der Waals surface area contributed by atoms with Crippen LogP contribution in [0.4, 0.5) is 8.78 Å². The van der Waals surface area contributed by atoms with Crippen LogP contribution < -0.4 is 5.73 Å². The van der Waals surface area contributed by atoms with E-state index in [9.17, 15) is 8.78 Å². The highest BCUT2D eigenvalue weighted by molar-refractivity contribution is 5.76. The summed E-state index contributed by atoms with van der Waals surface area (Å²) in [6, 6.07) is 2.34. The standard InChI is InChI=1S/C14H20F2N4/c1-3-19(4-2)9-14-18-12-7-10(15)11(16)8-13(12)20(14)6-5-17/h7-8H,3-6,9,17H2,1-2H3. The number of fused-ring (bicyclic) bond motifs is 1. The van der Waals surface area contributed by atoms with E-state index in [1.165, 1.54) is 6.07 Å². The fraction of sp³-hybridized carbons (Fsp3) is 0.500. The number of nitrogens with two attached hydrogens (primary N) is 1. The summed E-state index contributed by atoms with van der Waals surface area (Å²) in [5.41, 5.74) is 6.68. The number of aromatic nitrogens is 2. The second-order valence-corrected chi connectivity index (χ2v) is 4.68. The van der Waals surface area contributed by atoms with Crippen molar-refractivity contribution in [3.05, 3.63) is 29.6 Å². The average Bonchev–Trinajstić information content (AvgIpc) is 2.75. The first-order chi connectivity index (χ1) is 9.60. The molecule has 0 atom stereocenters. The van der Waals surface area contributed by atoms with Crippen LogP contribution in [0.2, 0.25) is 0 Å². The Balaban J connectivity index is 2.49. The first-order valence-corrected chi connectivity index (χ1v) is 6.87. The maximum absolute atomic E-state index is 13.4. The Morgan fingerprint density at radius 2 is 1.85 bits per heavy atom. The van der Waals surface area contributed by atoms with Gasteiger partial charge in [0, 0.05) is 25.2 Å². The van der Waals surface area contributed by atoms with Gasteiger partial charge in [0.15, 0.2) is 11.6 Å². The summed E-state index contributed by atoms with van der Waals surface area (Å²) in [7, 11) is 0. The van der Waals surface area contributed by atoms with E-state index in [-0.39, 0.29) is 0 Å². The minimum atomic E-state index is -0.871. The van der Waals surface area contributed by atoms with Gasteiger partial charge in [0.2, 0.25) is 0 Å². The van der Waals surface area contributed by atoms with Crippen LogP contribution in [0.1, 0.15) is 19.7 Å². The molecular formula is C14H20F2N4. The molecule has 110 valence electrons. The second kappa shape index (κ2) is 6.28. The molecule has 0 aliphatic heterocycles. The van der Waals surface area contributed by atoms with Gasteiger partial charge >= 0.3 is 0 Å². The molecule has 4 nitrogen and oxygen atoms in total. The molecule has 2 N–H and O–H groups in total. The average molecular weight is 282 g/mol. The molecule has 20 heavy (non-hydrogen) atoms. The van der Waals surface area contributed by atoms with Gasteiger partial charge in [-0.15, -0.1) is 0 Å². The van der Waals surface area contributed by atoms with Crippen LogP contribution in [0.5, 0.6) is 0 Å². The van der Waals surface area contributed by atoms with Crippen molar-refractivity contribution in [3.8, 4) is 0 Å². The van der Waals surface area contributed by atoms with E-state index >= 15 is 0 Å². The van der Waals surface area contributed by atoms with Crippen LogP contribution in [0.3, 0.4) is 0 Å². The van der Waals surface area contributed by atoms with Crippen molar-refractivity contribution < 1.29 is 8.78 Å². The van der Waals surface area contributed by atoms with Gasteiger partial charge in [0.1, 0.15) is 5.82 Å². The SMILES string of the molecule is CCN(CC)Cc1nc2cc(F)c(F)cc2n1CCN. The van der Waals surface area contributed by atoms with E-state index in [2.05, 4.69) is 23.7 Å². The summed E-state index contributed by atoms with van der Waals surface area (Å²) in [5.74, 6) is -0.937. The Morgan fingerprint density at radius 3 is 2.45 bits per heavy atom. The quantitative estimate of drug-likeness (QED) is 0.882. The number of halogens is 2. The molecule has 0 unspecified atom stereocenters. The van der Waals surface area contributed by atoms with Crippen molar-refractivity contribution in [2.45, 2.75) is 26.9 Å². The predicted molar refractivity (Wildman–Crippen MR) is 75.3 cm³/mol. The van der Waals surface area contributed by atoms with Gasteiger partial charge in [-0.2, -0.15) is 0 Å². The fourth-order valence-corrected chi connectivity index (χ4v) is 2.32. The molecular weight excluding hydrogens is 262 g/mol. The van der Waals surface area contributed by atoms with Gasteiger partial charge in [-0.1, -0.05) is 13.8 Å². The lowest BCUT2D eigenvalue weighted by Crippen LogP contribution is -2.25. The van der Waals surface area contributed by atoms with Gasteiger partial charge in [-0.3, -0.25) is 4.90 Å². The Morgan fingerprint density at radius 1 is 1.20 bits per heavy atom. The molecule has 0 aliphatic rings. The van der Waals surface area contributed by atoms with E-state index in [0.717, 1.165) is 25.0 Å². The molecule has 0 bridgehead atoms. The van der Waals surface area contributed by atoms with E-state index in [1.54, 1.807) is 0 Å². The van der Waals surface area contributed by atoms with Crippen LogP contribution in [0.15, 0.2) is 12.1 Å². The van der Waals surface area contributed by atoms with Crippen LogP contribution >= 0.6 is 0 Å². The van der Waals surface area contributed by atoms with Gasteiger partial charge in [0.05, 0.1) is 17.6 Å². The molecule has 0 amide bonds. The summed E-state index contributed by atoms with van der Waals surface area (Å²) < 4.78 is 28.6. The lowest BCUT2D eigenvalue weighted by Gasteiger charge is -2.18. The Bertz CT molecular complexity index is 590. The second-order valence-electron chi connectivity index (χ2n) is 4.68. The number of nitrogens with zero attached hydrogens (tertiary/aromatic N) is 3. The topological polar surface area (TPSA) is 47.1 Å². The number of hydrogen-bond donors (Lipinski definition) is 1. The molecule has 1 heterocycles. The third-order valence-electron chi connectivity index (χ3n) is 3.48. The minimum absolute atomic E-state index is 0.426. The number of imidazole rings is 1. The molecule has 0 fully saturated rings. The Hall–Kier alpha value is -1.53. The predicted octanol–water partition coefficient (Wildman–Crippen LogP) is 2.12. The van der Waals surface area contributed by atoms with Crippen molar-refractivity contribution in [2.75, 3.05) is 19.6 Å². The summed E-state index contributed by atoms with van der Waals surface area (Å²) in [5, 5.41) is 0. The number of benzene rings is 1. The van der Waals surface area contributed by atoms with E-state index < -0.39 is 11.6 Å². The van der Waals surface area contributed by atoms with Crippen molar-refractivity contribution in [2.24, 2.45) is 5.73 Å². The molecule has 0 saturated heterocycles. The highest BCUT2D eigenvalue weighted by Gasteiger charge is 2.15. The summed E-state index contributed by atoms with van der Waals surface area (Å²) >= 11 is 0. The maximum atomic E-state index is 13.4. The summed E-state index contributed by atoms with van der Waals surface area (Å²) in [6.07, 6.45) is 0. The smallest absolute Gasteiger partial charge is 0.161 e. The Kier molecular flexibility index (Phi) is 4.67. The van der Waals surface area contributed by atoms with E-state index in [4.69, 9.17) is 5.73 Å². The largest absolute Gasteiger partial charge is 0.329 e. The zero-order chi connectivity index (χ0) is 14.7. The third kappa shape index (κ3) is 2.81. The summed E-state index contributed by atoms with van der Waals surface area (Å²) in [6.45, 7) is 7.53. The van der Waals surface area contributed by atoms with Crippen molar-refractivity contribution in [1.29, 1.82) is 0 Å². The van der Waals surface area contributed by atoms with Gasteiger partial charge < -0.3 is 10.3 Å². The van der Waals surface area contributed by atoms with Crippen LogP contribution in [-0.4, -0.2) is 34.1 Å². The number of rotatable bonds is 6. The normalized spacial score (nSPS) is 11.7. The highest BCUT2D eigenvalue weighted by Crippen LogP contribution is 2.20. The molecule has 6 heteroatoms. The molecule has 1 aromatic carbocycles. The van der Waals surface area contributed by atoms with E-state index in [1.807, 2.05) is 4.57 Å². The summed E-state index contributed by atoms with van der Waals surface area (Å²) in [4.78, 5) is 6.62. The highest BCUT2D eigenvalue weighted by atomic mass is 19.2. The molecule has 0 aliphatic carbocycles. The zero-order valence-corrected chi connectivity index (χ0v) is 11.9. The molecule has 0 saturated carbocycles. The molecule has 2 rings (SSSR count). The molecule has 0 radical (unpaired) electrons. The fourth-order valence-electron chi connectivity index (χ4n) is 2.32. The zero-order valence-electron chi connectivity index (χ0n) is 11.9.